The molecule has 1 spiro atoms. The number of piperidine rings is 1. The Kier molecular flexibility index (Phi) is 4.12. The molecule has 0 aromatic heterocycles. The van der Waals surface area contributed by atoms with Gasteiger partial charge in [0.1, 0.15) is 5.60 Å². The minimum absolute atomic E-state index is 0.00193. The summed E-state index contributed by atoms with van der Waals surface area (Å²) in [7, 11) is -3.40. The molecule has 0 radical (unpaired) electrons. The smallest absolute Gasteiger partial charge is 0.339 e. The highest BCUT2D eigenvalue weighted by molar-refractivity contribution is 7.88. The molecule has 0 amide bonds. The monoisotopic (exact) mass is 371 g/mol. The Bertz CT molecular complexity index is 959. The number of aryl methyl sites for hydroxylation is 1. The van der Waals surface area contributed by atoms with Crippen LogP contribution in [-0.2, 0) is 26.1 Å². The van der Waals surface area contributed by atoms with E-state index < -0.39 is 15.6 Å². The van der Waals surface area contributed by atoms with Gasteiger partial charge in [-0.05, 0) is 18.6 Å². The van der Waals surface area contributed by atoms with Gasteiger partial charge in [0.2, 0.25) is 10.0 Å². The summed E-state index contributed by atoms with van der Waals surface area (Å²) in [6, 6.07) is 15.0. The molecule has 0 bridgehead atoms. The maximum absolute atomic E-state index is 12.8. The van der Waals surface area contributed by atoms with Gasteiger partial charge in [-0.2, -0.15) is 0 Å². The lowest BCUT2D eigenvalue weighted by atomic mass is 9.84. The standard InChI is InChI=1S/C20H21NO4S/c1-15-5-4-6-16(13-15)14-26(23,24)21-11-9-20(10-12-21)18-8-3-2-7-17(18)19(22)25-20/h2-8,13H,9-12,14H2,1H3. The van der Waals surface area contributed by atoms with Crippen molar-refractivity contribution >= 4 is 16.0 Å². The maximum Gasteiger partial charge on any atom is 0.339 e. The molecule has 5 nitrogen and oxygen atoms in total. The summed E-state index contributed by atoms with van der Waals surface area (Å²) in [5.74, 6) is -0.311. The average Bonchev–Trinajstić information content (AvgIpc) is 2.87. The Hall–Kier alpha value is -2.18. The third-order valence-electron chi connectivity index (χ3n) is 5.28. The lowest BCUT2D eigenvalue weighted by Crippen LogP contribution is -2.45. The lowest BCUT2D eigenvalue weighted by Gasteiger charge is -2.37. The molecule has 0 aliphatic carbocycles. The van der Waals surface area contributed by atoms with Crippen molar-refractivity contribution in [3.05, 3.63) is 70.8 Å². The quantitative estimate of drug-likeness (QED) is 0.778. The van der Waals surface area contributed by atoms with Gasteiger partial charge < -0.3 is 4.74 Å². The van der Waals surface area contributed by atoms with Crippen LogP contribution in [0.15, 0.2) is 48.5 Å². The number of hydrogen-bond donors (Lipinski definition) is 0. The third kappa shape index (κ3) is 2.93. The molecule has 2 aromatic carbocycles. The Balaban J connectivity index is 1.51. The molecule has 0 N–H and O–H groups in total. The molecule has 1 saturated heterocycles. The van der Waals surface area contributed by atoms with Gasteiger partial charge in [0.15, 0.2) is 0 Å². The minimum atomic E-state index is -3.40. The van der Waals surface area contributed by atoms with Crippen LogP contribution in [0.3, 0.4) is 0 Å². The van der Waals surface area contributed by atoms with Crippen LogP contribution in [0.1, 0.15) is 39.9 Å². The molecule has 6 heteroatoms. The van der Waals surface area contributed by atoms with Gasteiger partial charge >= 0.3 is 5.97 Å². The van der Waals surface area contributed by atoms with Gasteiger partial charge in [0, 0.05) is 31.5 Å². The van der Waals surface area contributed by atoms with Crippen molar-refractivity contribution in [2.24, 2.45) is 0 Å². The number of ether oxygens (including phenoxy) is 1. The summed E-state index contributed by atoms with van der Waals surface area (Å²) in [6.07, 6.45) is 0.978. The van der Waals surface area contributed by atoms with Crippen molar-refractivity contribution in [3.63, 3.8) is 0 Å². The van der Waals surface area contributed by atoms with E-state index in [9.17, 15) is 13.2 Å². The zero-order chi connectivity index (χ0) is 18.4. The fraction of sp³-hybridized carbons (Fsp3) is 0.350. The highest BCUT2D eigenvalue weighted by atomic mass is 32.2. The van der Waals surface area contributed by atoms with Gasteiger partial charge in [0.25, 0.3) is 0 Å². The highest BCUT2D eigenvalue weighted by Crippen LogP contribution is 2.44. The van der Waals surface area contributed by atoms with Crippen LogP contribution in [0.4, 0.5) is 0 Å². The van der Waals surface area contributed by atoms with E-state index in [0.29, 0.717) is 31.5 Å². The van der Waals surface area contributed by atoms with Crippen LogP contribution in [0.25, 0.3) is 0 Å². The van der Waals surface area contributed by atoms with E-state index in [1.165, 1.54) is 4.31 Å². The predicted octanol–water partition coefficient (Wildman–Crippen LogP) is 2.99. The summed E-state index contributed by atoms with van der Waals surface area (Å²) in [4.78, 5) is 12.1. The van der Waals surface area contributed by atoms with E-state index in [2.05, 4.69) is 0 Å². The van der Waals surface area contributed by atoms with Crippen molar-refractivity contribution in [2.45, 2.75) is 31.1 Å². The van der Waals surface area contributed by atoms with Gasteiger partial charge in [-0.3, -0.25) is 0 Å². The average molecular weight is 371 g/mol. The Labute approximate surface area is 153 Å². The Morgan fingerprint density at radius 1 is 1.08 bits per heavy atom. The number of sulfonamides is 1. The largest absolute Gasteiger partial charge is 0.450 e. The Morgan fingerprint density at radius 3 is 2.54 bits per heavy atom. The van der Waals surface area contributed by atoms with E-state index in [1.807, 2.05) is 49.4 Å². The van der Waals surface area contributed by atoms with Crippen molar-refractivity contribution < 1.29 is 17.9 Å². The highest BCUT2D eigenvalue weighted by Gasteiger charge is 2.48. The predicted molar refractivity (Wildman–Crippen MR) is 98.1 cm³/mol. The molecule has 26 heavy (non-hydrogen) atoms. The van der Waals surface area contributed by atoms with E-state index in [0.717, 1.165) is 16.7 Å². The van der Waals surface area contributed by atoms with E-state index in [4.69, 9.17) is 4.74 Å². The Morgan fingerprint density at radius 2 is 1.81 bits per heavy atom. The number of fused-ring (bicyclic) bond motifs is 2. The number of rotatable bonds is 3. The second-order valence-electron chi connectivity index (χ2n) is 7.07. The second-order valence-corrected chi connectivity index (χ2v) is 9.04. The van der Waals surface area contributed by atoms with E-state index in [1.54, 1.807) is 6.07 Å². The van der Waals surface area contributed by atoms with Crippen molar-refractivity contribution in [2.75, 3.05) is 13.1 Å². The molecule has 136 valence electrons. The topological polar surface area (TPSA) is 63.7 Å². The van der Waals surface area contributed by atoms with Gasteiger partial charge in [-0.1, -0.05) is 48.0 Å². The normalized spacial score (nSPS) is 19.3. The molecule has 2 aromatic rings. The molecule has 2 aliphatic rings. The van der Waals surface area contributed by atoms with E-state index in [-0.39, 0.29) is 11.7 Å². The number of benzene rings is 2. The van der Waals surface area contributed by atoms with Gasteiger partial charge in [-0.25, -0.2) is 17.5 Å². The zero-order valence-electron chi connectivity index (χ0n) is 14.6. The lowest BCUT2D eigenvalue weighted by molar-refractivity contribution is -0.0329. The summed E-state index contributed by atoms with van der Waals surface area (Å²) in [6.45, 7) is 2.66. The number of carbonyl (C=O) groups is 1. The third-order valence-corrected chi connectivity index (χ3v) is 7.13. The molecule has 2 heterocycles. The molecule has 0 saturated carbocycles. The summed E-state index contributed by atoms with van der Waals surface area (Å²) < 4.78 is 32.8. The molecular weight excluding hydrogens is 350 g/mol. The van der Waals surface area contributed by atoms with Gasteiger partial charge in [-0.15, -0.1) is 0 Å². The zero-order valence-corrected chi connectivity index (χ0v) is 15.5. The van der Waals surface area contributed by atoms with Crippen LogP contribution in [0, 0.1) is 6.92 Å². The number of carbonyl (C=O) groups excluding carboxylic acids is 1. The van der Waals surface area contributed by atoms with E-state index >= 15 is 0 Å². The summed E-state index contributed by atoms with van der Waals surface area (Å²) >= 11 is 0. The second kappa shape index (κ2) is 6.21. The first kappa shape index (κ1) is 17.2. The van der Waals surface area contributed by atoms with Gasteiger partial charge in [0.05, 0.1) is 11.3 Å². The first-order valence-corrected chi connectivity index (χ1v) is 10.4. The summed E-state index contributed by atoms with van der Waals surface area (Å²) in [5.41, 5.74) is 2.65. The molecule has 4 rings (SSSR count). The minimum Gasteiger partial charge on any atom is -0.450 e. The maximum atomic E-state index is 12.8. The molecule has 2 aliphatic heterocycles. The van der Waals surface area contributed by atoms with Crippen LogP contribution >= 0.6 is 0 Å². The first-order valence-electron chi connectivity index (χ1n) is 8.76. The molecule has 0 unspecified atom stereocenters. The number of hydrogen-bond acceptors (Lipinski definition) is 4. The van der Waals surface area contributed by atoms with Crippen LogP contribution in [0.2, 0.25) is 0 Å². The molecule has 1 fully saturated rings. The van der Waals surface area contributed by atoms with Crippen molar-refractivity contribution in [1.82, 2.24) is 4.31 Å². The SMILES string of the molecule is Cc1cccc(CS(=O)(=O)N2CCC3(CC2)OC(=O)c2ccccc23)c1. The molecular formula is C20H21NO4S. The fourth-order valence-corrected chi connectivity index (χ4v) is 5.47. The number of esters is 1. The van der Waals surface area contributed by atoms with Crippen molar-refractivity contribution in [3.8, 4) is 0 Å². The first-order chi connectivity index (χ1) is 12.4. The summed E-state index contributed by atoms with van der Waals surface area (Å²) in [5, 5.41) is 0. The van der Waals surface area contributed by atoms with Crippen molar-refractivity contribution in [1.29, 1.82) is 0 Å². The van der Waals surface area contributed by atoms with Crippen LogP contribution in [0.5, 0.6) is 0 Å². The number of nitrogens with zero attached hydrogens (tertiary/aromatic N) is 1. The molecule has 0 atom stereocenters. The van der Waals surface area contributed by atoms with Crippen LogP contribution in [-0.4, -0.2) is 31.8 Å². The van der Waals surface area contributed by atoms with Crippen LogP contribution < -0.4 is 0 Å². The fourth-order valence-electron chi connectivity index (χ4n) is 3.95.